The van der Waals surface area contributed by atoms with E-state index >= 15 is 0 Å². The van der Waals surface area contributed by atoms with Gasteiger partial charge in [0.25, 0.3) is 0 Å². The van der Waals surface area contributed by atoms with Crippen molar-refractivity contribution in [1.29, 1.82) is 0 Å². The second kappa shape index (κ2) is 4.65. The predicted molar refractivity (Wildman–Crippen MR) is 79.7 cm³/mol. The molecule has 0 bridgehead atoms. The molecule has 0 radical (unpaired) electrons. The largest absolute Gasteiger partial charge is 0.264 e. The van der Waals surface area contributed by atoms with Crippen LogP contribution in [0.15, 0.2) is 22.1 Å². The number of aliphatic imine (C=N–C) groups is 1. The zero-order valence-corrected chi connectivity index (χ0v) is 12.3. The monoisotopic (exact) mass is 259 g/mol. The molecule has 1 aliphatic heterocycles. The van der Waals surface area contributed by atoms with Gasteiger partial charge in [0.2, 0.25) is 0 Å². The molecule has 0 spiro atoms. The van der Waals surface area contributed by atoms with E-state index in [-0.39, 0.29) is 0 Å². The van der Waals surface area contributed by atoms with Crippen LogP contribution in [0.25, 0.3) is 0 Å². The summed E-state index contributed by atoms with van der Waals surface area (Å²) in [5.74, 6) is 2.29. The summed E-state index contributed by atoms with van der Waals surface area (Å²) >= 11 is 1.94. The first kappa shape index (κ1) is 12.2. The Morgan fingerprint density at radius 1 is 1.44 bits per heavy atom. The lowest BCUT2D eigenvalue weighted by molar-refractivity contribution is 0.354. The van der Waals surface area contributed by atoms with Gasteiger partial charge in [-0.15, -0.1) is 11.3 Å². The number of nitrogens with zero attached hydrogens (tertiary/aromatic N) is 1. The average molecular weight is 259 g/mol. The summed E-state index contributed by atoms with van der Waals surface area (Å²) in [5, 5.41) is 2.30. The standard InChI is InChI=1S/C16H21NS/c1-10(2)4-12-5-14-11(3)7-17-8-13-9-18-15(6-12)16(13)14/h7-10,12,14H,4-6H2,1-3H3. The summed E-state index contributed by atoms with van der Waals surface area (Å²) in [6.45, 7) is 6.93. The lowest BCUT2D eigenvalue weighted by atomic mass is 9.74. The van der Waals surface area contributed by atoms with Gasteiger partial charge in [-0.05, 0) is 49.2 Å². The lowest BCUT2D eigenvalue weighted by Gasteiger charge is -2.31. The smallest absolute Gasteiger partial charge is 0.0351 e. The van der Waals surface area contributed by atoms with Crippen molar-refractivity contribution in [2.75, 3.05) is 0 Å². The van der Waals surface area contributed by atoms with Gasteiger partial charge in [-0.25, -0.2) is 0 Å². The van der Waals surface area contributed by atoms with E-state index in [4.69, 9.17) is 0 Å². The van der Waals surface area contributed by atoms with E-state index in [0.29, 0.717) is 5.92 Å². The van der Waals surface area contributed by atoms with Crippen LogP contribution in [0, 0.1) is 11.8 Å². The van der Waals surface area contributed by atoms with Crippen LogP contribution in [-0.4, -0.2) is 6.21 Å². The SMILES string of the molecule is CC1=CN=Cc2csc3c2C1CC(CC(C)C)C3. The van der Waals surface area contributed by atoms with Gasteiger partial charge in [0.1, 0.15) is 0 Å². The molecule has 0 aromatic carbocycles. The van der Waals surface area contributed by atoms with E-state index in [9.17, 15) is 0 Å². The van der Waals surface area contributed by atoms with Gasteiger partial charge in [-0.1, -0.05) is 13.8 Å². The maximum absolute atomic E-state index is 4.44. The minimum atomic E-state index is 0.626. The van der Waals surface area contributed by atoms with Gasteiger partial charge in [-0.2, -0.15) is 0 Å². The molecule has 96 valence electrons. The van der Waals surface area contributed by atoms with Crippen LogP contribution in [-0.2, 0) is 6.42 Å². The summed E-state index contributed by atoms with van der Waals surface area (Å²) in [6.07, 6.45) is 8.08. The molecule has 1 aliphatic carbocycles. The minimum absolute atomic E-state index is 0.626. The summed E-state index contributed by atoms with van der Waals surface area (Å²) in [4.78, 5) is 6.06. The van der Waals surface area contributed by atoms with Crippen molar-refractivity contribution in [1.82, 2.24) is 0 Å². The second-order valence-electron chi connectivity index (χ2n) is 6.17. The Labute approximate surface area is 114 Å². The fourth-order valence-electron chi connectivity index (χ4n) is 3.46. The van der Waals surface area contributed by atoms with E-state index in [1.165, 1.54) is 30.4 Å². The fraction of sp³-hybridized carbons (Fsp3) is 0.562. The summed E-state index contributed by atoms with van der Waals surface area (Å²) in [6, 6.07) is 0. The molecule has 2 atom stereocenters. The molecule has 2 unspecified atom stereocenters. The Morgan fingerprint density at radius 3 is 3.06 bits per heavy atom. The number of hydrogen-bond donors (Lipinski definition) is 0. The highest BCUT2D eigenvalue weighted by atomic mass is 32.1. The van der Waals surface area contributed by atoms with E-state index in [1.54, 1.807) is 10.4 Å². The zero-order chi connectivity index (χ0) is 12.7. The molecule has 0 saturated heterocycles. The third kappa shape index (κ3) is 2.07. The molecule has 2 heterocycles. The molecule has 0 amide bonds. The molecule has 0 saturated carbocycles. The Balaban J connectivity index is 1.97. The van der Waals surface area contributed by atoms with Crippen LogP contribution in [0.5, 0.6) is 0 Å². The molecule has 2 heteroatoms. The second-order valence-corrected chi connectivity index (χ2v) is 7.13. The van der Waals surface area contributed by atoms with Crippen molar-refractivity contribution in [3.05, 3.63) is 33.2 Å². The highest BCUT2D eigenvalue weighted by molar-refractivity contribution is 7.10. The number of hydrogen-bond acceptors (Lipinski definition) is 2. The molecule has 18 heavy (non-hydrogen) atoms. The van der Waals surface area contributed by atoms with Crippen molar-refractivity contribution in [3.8, 4) is 0 Å². The van der Waals surface area contributed by atoms with Crippen LogP contribution in [0.4, 0.5) is 0 Å². The third-order valence-corrected chi connectivity index (χ3v) is 5.22. The molecule has 0 N–H and O–H groups in total. The van der Waals surface area contributed by atoms with Gasteiger partial charge in [0.15, 0.2) is 0 Å². The Morgan fingerprint density at radius 2 is 2.28 bits per heavy atom. The number of rotatable bonds is 2. The first-order valence-corrected chi connectivity index (χ1v) is 7.83. The first-order chi connectivity index (χ1) is 8.65. The molecular weight excluding hydrogens is 238 g/mol. The quantitative estimate of drug-likeness (QED) is 0.725. The van der Waals surface area contributed by atoms with Crippen molar-refractivity contribution >= 4 is 17.6 Å². The topological polar surface area (TPSA) is 12.4 Å². The summed E-state index contributed by atoms with van der Waals surface area (Å²) in [5.41, 5.74) is 4.41. The molecular formula is C16H21NS. The fourth-order valence-corrected chi connectivity index (χ4v) is 4.63. The van der Waals surface area contributed by atoms with Crippen LogP contribution < -0.4 is 0 Å². The lowest BCUT2D eigenvalue weighted by Crippen LogP contribution is -2.20. The highest BCUT2D eigenvalue weighted by Crippen LogP contribution is 2.45. The van der Waals surface area contributed by atoms with Crippen LogP contribution in [0.1, 0.15) is 55.5 Å². The molecule has 2 aliphatic rings. The Hall–Kier alpha value is -0.890. The summed E-state index contributed by atoms with van der Waals surface area (Å²) in [7, 11) is 0. The van der Waals surface area contributed by atoms with Gasteiger partial charge in [0, 0.05) is 34.2 Å². The zero-order valence-electron chi connectivity index (χ0n) is 11.4. The predicted octanol–water partition coefficient (Wildman–Crippen LogP) is 4.78. The summed E-state index contributed by atoms with van der Waals surface area (Å²) < 4.78 is 0. The average Bonchev–Trinajstić information content (AvgIpc) is 2.63. The number of allylic oxidation sites excluding steroid dienone is 1. The van der Waals surface area contributed by atoms with Crippen molar-refractivity contribution in [3.63, 3.8) is 0 Å². The number of thiophene rings is 1. The molecule has 0 fully saturated rings. The molecule has 1 aromatic rings. The Bertz CT molecular complexity index is 507. The first-order valence-electron chi connectivity index (χ1n) is 6.95. The van der Waals surface area contributed by atoms with E-state index in [2.05, 4.69) is 37.3 Å². The van der Waals surface area contributed by atoms with Gasteiger partial charge in [-0.3, -0.25) is 4.99 Å². The highest BCUT2D eigenvalue weighted by Gasteiger charge is 2.31. The van der Waals surface area contributed by atoms with Crippen LogP contribution in [0.2, 0.25) is 0 Å². The van der Waals surface area contributed by atoms with Crippen LogP contribution >= 0.6 is 11.3 Å². The van der Waals surface area contributed by atoms with Crippen LogP contribution in [0.3, 0.4) is 0 Å². The molecule has 1 nitrogen and oxygen atoms in total. The van der Waals surface area contributed by atoms with Crippen molar-refractivity contribution in [2.24, 2.45) is 16.8 Å². The van der Waals surface area contributed by atoms with Gasteiger partial charge >= 0.3 is 0 Å². The minimum Gasteiger partial charge on any atom is -0.264 e. The maximum Gasteiger partial charge on any atom is 0.0351 e. The normalized spacial score (nSPS) is 25.9. The van der Waals surface area contributed by atoms with Crippen molar-refractivity contribution in [2.45, 2.75) is 46.0 Å². The van der Waals surface area contributed by atoms with E-state index < -0.39 is 0 Å². The van der Waals surface area contributed by atoms with Crippen molar-refractivity contribution < 1.29 is 0 Å². The molecule has 1 aromatic heterocycles. The van der Waals surface area contributed by atoms with Gasteiger partial charge in [0.05, 0.1) is 0 Å². The maximum atomic E-state index is 4.44. The van der Waals surface area contributed by atoms with Gasteiger partial charge < -0.3 is 0 Å². The third-order valence-electron chi connectivity index (χ3n) is 4.18. The van der Waals surface area contributed by atoms with E-state index in [0.717, 1.165) is 11.8 Å². The molecule has 3 rings (SSSR count). The Kier molecular flexibility index (Phi) is 3.14. The van der Waals surface area contributed by atoms with E-state index in [1.807, 2.05) is 17.6 Å².